The number of nitrogens with one attached hydrogen (secondary N) is 1. The van der Waals surface area contributed by atoms with Crippen LogP contribution in [0.25, 0.3) is 0 Å². The lowest BCUT2D eigenvalue weighted by Crippen LogP contribution is -2.19. The Labute approximate surface area is 178 Å². The van der Waals surface area contributed by atoms with Crippen molar-refractivity contribution in [2.75, 3.05) is 12.4 Å². The largest absolute Gasteiger partial charge is 0.495 e. The molecule has 1 aliphatic rings. The van der Waals surface area contributed by atoms with Gasteiger partial charge in [0, 0.05) is 18.7 Å². The molecule has 1 fully saturated rings. The number of ether oxygens (including phenoxy) is 1. The van der Waals surface area contributed by atoms with Crippen LogP contribution in [-0.4, -0.2) is 27.8 Å². The summed E-state index contributed by atoms with van der Waals surface area (Å²) in [5.74, 6) is 1.89. The van der Waals surface area contributed by atoms with E-state index in [1.54, 1.807) is 25.3 Å². The molecule has 1 amide bonds. The minimum atomic E-state index is -0.480. The summed E-state index contributed by atoms with van der Waals surface area (Å²) in [4.78, 5) is 13.2. The molecular formula is C21H21ClN4O2S. The SMILES string of the molecule is COc1ccc(NC(=O)[C@H](Sc2nnc(C3CC3)n2C)c2ccccc2)cc1Cl. The number of carbonyl (C=O) groups is 1. The van der Waals surface area contributed by atoms with Crippen molar-refractivity contribution < 1.29 is 9.53 Å². The van der Waals surface area contributed by atoms with Gasteiger partial charge < -0.3 is 14.6 Å². The van der Waals surface area contributed by atoms with E-state index in [4.69, 9.17) is 16.3 Å². The molecule has 3 aromatic rings. The average Bonchev–Trinajstić information content (AvgIpc) is 3.50. The van der Waals surface area contributed by atoms with Gasteiger partial charge in [-0.1, -0.05) is 53.7 Å². The van der Waals surface area contributed by atoms with Gasteiger partial charge >= 0.3 is 0 Å². The lowest BCUT2D eigenvalue weighted by Gasteiger charge is -2.17. The van der Waals surface area contributed by atoms with E-state index in [0.717, 1.165) is 29.4 Å². The molecule has 2 aromatic carbocycles. The van der Waals surface area contributed by atoms with Crippen LogP contribution >= 0.6 is 23.4 Å². The van der Waals surface area contributed by atoms with Crippen LogP contribution in [0.15, 0.2) is 53.7 Å². The molecule has 0 saturated heterocycles. The summed E-state index contributed by atoms with van der Waals surface area (Å²) in [6, 6.07) is 14.8. The first-order valence-corrected chi connectivity index (χ1v) is 10.6. The summed E-state index contributed by atoms with van der Waals surface area (Å²) >= 11 is 7.59. The Kier molecular flexibility index (Phi) is 5.78. The van der Waals surface area contributed by atoms with Crippen LogP contribution in [0.4, 0.5) is 5.69 Å². The molecule has 1 aromatic heterocycles. The van der Waals surface area contributed by atoms with E-state index in [1.165, 1.54) is 11.8 Å². The standard InChI is InChI=1S/C21H21ClN4O2S/c1-26-19(14-8-9-14)24-25-21(26)29-18(13-6-4-3-5-7-13)20(27)23-15-10-11-17(28-2)16(22)12-15/h3-7,10-12,14,18H,8-9H2,1-2H3,(H,23,27)/t18-/m1/s1. The van der Waals surface area contributed by atoms with Crippen LogP contribution < -0.4 is 10.1 Å². The Morgan fingerprint density at radius 2 is 2.00 bits per heavy atom. The van der Waals surface area contributed by atoms with Gasteiger partial charge in [-0.15, -0.1) is 10.2 Å². The average molecular weight is 429 g/mol. The zero-order valence-electron chi connectivity index (χ0n) is 16.1. The first-order chi connectivity index (χ1) is 14.1. The van der Waals surface area contributed by atoms with Gasteiger partial charge in [0.1, 0.15) is 16.8 Å². The second-order valence-corrected chi connectivity index (χ2v) is 8.40. The van der Waals surface area contributed by atoms with Gasteiger partial charge in [-0.05, 0) is 36.6 Å². The molecule has 0 unspecified atom stereocenters. The molecule has 1 atom stereocenters. The summed E-state index contributed by atoms with van der Waals surface area (Å²) < 4.78 is 7.17. The first-order valence-electron chi connectivity index (χ1n) is 9.32. The lowest BCUT2D eigenvalue weighted by molar-refractivity contribution is -0.115. The topological polar surface area (TPSA) is 69.0 Å². The number of hydrogen-bond acceptors (Lipinski definition) is 5. The van der Waals surface area contributed by atoms with Crippen LogP contribution in [0.2, 0.25) is 5.02 Å². The maximum absolute atomic E-state index is 13.2. The number of thioether (sulfide) groups is 1. The highest BCUT2D eigenvalue weighted by molar-refractivity contribution is 8.00. The maximum atomic E-state index is 13.2. The van der Waals surface area contributed by atoms with Crippen molar-refractivity contribution in [1.82, 2.24) is 14.8 Å². The molecule has 1 heterocycles. The van der Waals surface area contributed by atoms with E-state index < -0.39 is 5.25 Å². The molecule has 29 heavy (non-hydrogen) atoms. The predicted molar refractivity (Wildman–Crippen MR) is 115 cm³/mol. The van der Waals surface area contributed by atoms with Crippen molar-refractivity contribution in [1.29, 1.82) is 0 Å². The second-order valence-electron chi connectivity index (χ2n) is 6.92. The summed E-state index contributed by atoms with van der Waals surface area (Å²) in [7, 11) is 3.51. The van der Waals surface area contributed by atoms with Gasteiger partial charge in [0.2, 0.25) is 5.91 Å². The number of hydrogen-bond donors (Lipinski definition) is 1. The Hall–Kier alpha value is -2.51. The van der Waals surface area contributed by atoms with Crippen molar-refractivity contribution >= 4 is 35.0 Å². The minimum absolute atomic E-state index is 0.154. The zero-order chi connectivity index (χ0) is 20.4. The van der Waals surface area contributed by atoms with Gasteiger partial charge in [-0.25, -0.2) is 0 Å². The number of halogens is 1. The summed E-state index contributed by atoms with van der Waals surface area (Å²) in [6.07, 6.45) is 2.30. The molecule has 0 aliphatic heterocycles. The van der Waals surface area contributed by atoms with E-state index in [0.29, 0.717) is 22.4 Å². The van der Waals surface area contributed by atoms with Crippen molar-refractivity contribution in [2.45, 2.75) is 29.2 Å². The summed E-state index contributed by atoms with van der Waals surface area (Å²) in [6.45, 7) is 0. The zero-order valence-corrected chi connectivity index (χ0v) is 17.7. The van der Waals surface area contributed by atoms with Gasteiger partial charge in [0.05, 0.1) is 12.1 Å². The molecule has 6 nitrogen and oxygen atoms in total. The highest BCUT2D eigenvalue weighted by Gasteiger charge is 2.31. The highest BCUT2D eigenvalue weighted by Crippen LogP contribution is 2.41. The monoisotopic (exact) mass is 428 g/mol. The van der Waals surface area contributed by atoms with E-state index in [1.807, 2.05) is 41.9 Å². The predicted octanol–water partition coefficient (Wildman–Crippen LogP) is 4.83. The molecule has 1 saturated carbocycles. The van der Waals surface area contributed by atoms with Gasteiger partial charge in [0.15, 0.2) is 5.16 Å². The minimum Gasteiger partial charge on any atom is -0.495 e. The quantitative estimate of drug-likeness (QED) is 0.546. The molecule has 8 heteroatoms. The van der Waals surface area contributed by atoms with Crippen molar-refractivity contribution in [3.63, 3.8) is 0 Å². The number of aromatic nitrogens is 3. The third kappa shape index (κ3) is 4.41. The Morgan fingerprint density at radius 1 is 1.24 bits per heavy atom. The molecular weight excluding hydrogens is 408 g/mol. The van der Waals surface area contributed by atoms with E-state index >= 15 is 0 Å². The molecule has 1 aliphatic carbocycles. The third-order valence-electron chi connectivity index (χ3n) is 4.79. The Balaban J connectivity index is 1.58. The molecule has 4 rings (SSSR count). The number of anilines is 1. The molecule has 0 radical (unpaired) electrons. The second kappa shape index (κ2) is 8.47. The van der Waals surface area contributed by atoms with Crippen LogP contribution in [0, 0.1) is 0 Å². The summed E-state index contributed by atoms with van der Waals surface area (Å²) in [5, 5.41) is 12.3. The van der Waals surface area contributed by atoms with Crippen LogP contribution in [0.1, 0.15) is 35.4 Å². The van der Waals surface area contributed by atoms with Crippen molar-refractivity contribution in [2.24, 2.45) is 7.05 Å². The number of amides is 1. The van der Waals surface area contributed by atoms with Gasteiger partial charge in [-0.2, -0.15) is 0 Å². The molecule has 150 valence electrons. The smallest absolute Gasteiger partial charge is 0.242 e. The molecule has 0 bridgehead atoms. The van der Waals surface area contributed by atoms with E-state index in [9.17, 15) is 4.79 Å². The molecule has 0 spiro atoms. The summed E-state index contributed by atoms with van der Waals surface area (Å²) in [5.41, 5.74) is 1.50. The highest BCUT2D eigenvalue weighted by atomic mass is 35.5. The lowest BCUT2D eigenvalue weighted by atomic mass is 10.1. The van der Waals surface area contributed by atoms with Crippen molar-refractivity contribution in [3.05, 3.63) is 64.9 Å². The number of nitrogens with zero attached hydrogens (tertiary/aromatic N) is 3. The fourth-order valence-corrected chi connectivity index (χ4v) is 4.35. The van der Waals surface area contributed by atoms with Crippen LogP contribution in [0.5, 0.6) is 5.75 Å². The number of carbonyl (C=O) groups excluding carboxylic acids is 1. The van der Waals surface area contributed by atoms with Gasteiger partial charge in [0.25, 0.3) is 0 Å². The Bertz CT molecular complexity index is 1020. The number of benzene rings is 2. The number of rotatable bonds is 7. The van der Waals surface area contributed by atoms with E-state index in [2.05, 4.69) is 15.5 Å². The fourth-order valence-electron chi connectivity index (χ4n) is 3.08. The normalized spacial score (nSPS) is 14.4. The van der Waals surface area contributed by atoms with Gasteiger partial charge in [-0.3, -0.25) is 4.79 Å². The fraction of sp³-hybridized carbons (Fsp3) is 0.286. The van der Waals surface area contributed by atoms with Crippen LogP contribution in [-0.2, 0) is 11.8 Å². The van der Waals surface area contributed by atoms with E-state index in [-0.39, 0.29) is 5.91 Å². The number of methoxy groups -OCH3 is 1. The Morgan fingerprint density at radius 3 is 2.66 bits per heavy atom. The molecule has 1 N–H and O–H groups in total. The third-order valence-corrected chi connectivity index (χ3v) is 6.38. The van der Waals surface area contributed by atoms with Crippen LogP contribution in [0.3, 0.4) is 0 Å². The first kappa shape index (κ1) is 19.8. The maximum Gasteiger partial charge on any atom is 0.242 e. The van der Waals surface area contributed by atoms with Crippen molar-refractivity contribution in [3.8, 4) is 5.75 Å².